The Morgan fingerprint density at radius 3 is 2.89 bits per heavy atom. The van der Waals surface area contributed by atoms with Crippen LogP contribution in [0.5, 0.6) is 0 Å². The molecular weight excluding hydrogens is 312 g/mol. The summed E-state index contributed by atoms with van der Waals surface area (Å²) in [5.74, 6) is 0.640. The quantitative estimate of drug-likeness (QED) is 0.642. The second-order valence-electron chi connectivity index (χ2n) is 4.91. The zero-order chi connectivity index (χ0) is 14.0. The molecule has 0 bridgehead atoms. The summed E-state index contributed by atoms with van der Waals surface area (Å²) in [6.07, 6.45) is 3.82. The van der Waals surface area contributed by atoms with Crippen molar-refractivity contribution in [3.05, 3.63) is 26.9 Å². The summed E-state index contributed by atoms with van der Waals surface area (Å²) in [5.41, 5.74) is -0.0134. The van der Waals surface area contributed by atoms with E-state index in [2.05, 4.69) is 45.1 Å². The smallest absolute Gasteiger partial charge is 0.288 e. The SMILES string of the molecule is CC(CNc1ncc([N+](=O)[O-])cc1Br)N(C)C1CC1. The van der Waals surface area contributed by atoms with Gasteiger partial charge in [0.1, 0.15) is 12.0 Å². The molecule has 0 spiro atoms. The van der Waals surface area contributed by atoms with Gasteiger partial charge < -0.3 is 5.32 Å². The van der Waals surface area contributed by atoms with Crippen LogP contribution in [0.3, 0.4) is 0 Å². The number of pyridine rings is 1. The van der Waals surface area contributed by atoms with E-state index >= 15 is 0 Å². The van der Waals surface area contributed by atoms with Gasteiger partial charge in [0.2, 0.25) is 0 Å². The molecule has 0 saturated heterocycles. The number of aromatic nitrogens is 1. The van der Waals surface area contributed by atoms with Crippen molar-refractivity contribution in [3.63, 3.8) is 0 Å². The largest absolute Gasteiger partial charge is 0.368 e. The van der Waals surface area contributed by atoms with Crippen molar-refractivity contribution in [1.82, 2.24) is 9.88 Å². The Kier molecular flexibility index (Phi) is 4.36. The van der Waals surface area contributed by atoms with E-state index in [1.54, 1.807) is 0 Å². The highest BCUT2D eigenvalue weighted by molar-refractivity contribution is 9.10. The maximum atomic E-state index is 10.6. The first-order valence-corrected chi connectivity index (χ1v) is 7.04. The standard InChI is InChI=1S/C12H17BrN4O2/c1-8(16(2)9-3-4-9)6-14-12-11(13)5-10(7-15-12)17(18)19/h5,7-9H,3-4,6H2,1-2H3,(H,14,15). The Labute approximate surface area is 120 Å². The van der Waals surface area contributed by atoms with Crippen LogP contribution in [-0.2, 0) is 0 Å². The Hall–Kier alpha value is -1.21. The normalized spacial score (nSPS) is 16.4. The van der Waals surface area contributed by atoms with Gasteiger partial charge in [-0.3, -0.25) is 15.0 Å². The van der Waals surface area contributed by atoms with Crippen molar-refractivity contribution in [3.8, 4) is 0 Å². The van der Waals surface area contributed by atoms with Crippen molar-refractivity contribution >= 4 is 27.4 Å². The fourth-order valence-corrected chi connectivity index (χ4v) is 2.36. The van der Waals surface area contributed by atoms with E-state index in [4.69, 9.17) is 0 Å². The number of likely N-dealkylation sites (N-methyl/N-ethyl adjacent to an activating group) is 1. The first kappa shape index (κ1) is 14.2. The van der Waals surface area contributed by atoms with Crippen LogP contribution in [0, 0.1) is 10.1 Å². The van der Waals surface area contributed by atoms with Gasteiger partial charge in [-0.1, -0.05) is 0 Å². The maximum Gasteiger partial charge on any atom is 0.288 e. The summed E-state index contributed by atoms with van der Waals surface area (Å²) >= 11 is 3.30. The topological polar surface area (TPSA) is 71.3 Å². The molecule has 1 N–H and O–H groups in total. The average molecular weight is 329 g/mol. The number of anilines is 1. The number of halogens is 1. The molecule has 7 heteroatoms. The minimum atomic E-state index is -0.453. The molecule has 1 fully saturated rings. The molecule has 1 aliphatic carbocycles. The molecule has 1 aliphatic rings. The molecule has 19 heavy (non-hydrogen) atoms. The molecule has 1 unspecified atom stereocenters. The number of rotatable bonds is 6. The Morgan fingerprint density at radius 1 is 1.68 bits per heavy atom. The third-order valence-corrected chi connectivity index (χ3v) is 4.03. The molecule has 0 amide bonds. The fourth-order valence-electron chi connectivity index (χ4n) is 1.89. The van der Waals surface area contributed by atoms with Gasteiger partial charge in [-0.2, -0.15) is 0 Å². The Morgan fingerprint density at radius 2 is 2.37 bits per heavy atom. The predicted molar refractivity (Wildman–Crippen MR) is 77.3 cm³/mol. The minimum absolute atomic E-state index is 0.0134. The average Bonchev–Trinajstić information content (AvgIpc) is 3.20. The molecule has 104 valence electrons. The van der Waals surface area contributed by atoms with E-state index < -0.39 is 4.92 Å². The van der Waals surface area contributed by atoms with Gasteiger partial charge in [0.05, 0.1) is 9.40 Å². The molecule has 2 rings (SSSR count). The van der Waals surface area contributed by atoms with Gasteiger partial charge in [0, 0.05) is 24.7 Å². The second kappa shape index (κ2) is 5.83. The highest BCUT2D eigenvalue weighted by atomic mass is 79.9. The maximum absolute atomic E-state index is 10.6. The molecule has 1 heterocycles. The lowest BCUT2D eigenvalue weighted by atomic mass is 10.3. The number of nitrogens with one attached hydrogen (secondary N) is 1. The zero-order valence-corrected chi connectivity index (χ0v) is 12.6. The third-order valence-electron chi connectivity index (χ3n) is 3.42. The summed E-state index contributed by atoms with van der Waals surface area (Å²) in [6, 6.07) is 2.58. The van der Waals surface area contributed by atoms with Crippen LogP contribution >= 0.6 is 15.9 Å². The summed E-state index contributed by atoms with van der Waals surface area (Å²) in [6.45, 7) is 2.92. The van der Waals surface area contributed by atoms with Crippen LogP contribution in [-0.4, -0.2) is 40.5 Å². The van der Waals surface area contributed by atoms with Gasteiger partial charge in [-0.25, -0.2) is 4.98 Å². The highest BCUT2D eigenvalue weighted by Crippen LogP contribution is 2.28. The summed E-state index contributed by atoms with van der Waals surface area (Å²) in [4.78, 5) is 16.6. The lowest BCUT2D eigenvalue weighted by Crippen LogP contribution is -2.36. The van der Waals surface area contributed by atoms with Crippen molar-refractivity contribution < 1.29 is 4.92 Å². The first-order valence-electron chi connectivity index (χ1n) is 6.24. The second-order valence-corrected chi connectivity index (χ2v) is 5.76. The van der Waals surface area contributed by atoms with Crippen molar-refractivity contribution in [1.29, 1.82) is 0 Å². The molecule has 1 saturated carbocycles. The summed E-state index contributed by atoms with van der Waals surface area (Å²) < 4.78 is 0.614. The van der Waals surface area contributed by atoms with E-state index in [0.29, 0.717) is 22.4 Å². The minimum Gasteiger partial charge on any atom is -0.368 e. The van der Waals surface area contributed by atoms with Crippen molar-refractivity contribution in [2.45, 2.75) is 31.8 Å². The van der Waals surface area contributed by atoms with E-state index in [9.17, 15) is 10.1 Å². The predicted octanol–water partition coefficient (Wildman–Crippen LogP) is 2.65. The van der Waals surface area contributed by atoms with E-state index in [1.807, 2.05) is 0 Å². The highest BCUT2D eigenvalue weighted by Gasteiger charge is 2.29. The van der Waals surface area contributed by atoms with Crippen molar-refractivity contribution in [2.75, 3.05) is 18.9 Å². The number of hydrogen-bond donors (Lipinski definition) is 1. The third kappa shape index (κ3) is 3.63. The molecule has 1 aromatic heterocycles. The first-order chi connectivity index (χ1) is 8.99. The molecule has 0 aromatic carbocycles. The number of nitro groups is 1. The van der Waals surface area contributed by atoms with Crippen LogP contribution in [0.25, 0.3) is 0 Å². The van der Waals surface area contributed by atoms with Gasteiger partial charge >= 0.3 is 0 Å². The van der Waals surface area contributed by atoms with Crippen LogP contribution in [0.2, 0.25) is 0 Å². The van der Waals surface area contributed by atoms with Gasteiger partial charge in [0.25, 0.3) is 5.69 Å². The summed E-state index contributed by atoms with van der Waals surface area (Å²) in [5, 5.41) is 13.8. The van der Waals surface area contributed by atoms with Crippen LogP contribution in [0.15, 0.2) is 16.7 Å². The van der Waals surface area contributed by atoms with Crippen molar-refractivity contribution in [2.24, 2.45) is 0 Å². The van der Waals surface area contributed by atoms with E-state index in [1.165, 1.54) is 25.1 Å². The number of nitrogens with zero attached hydrogens (tertiary/aromatic N) is 3. The van der Waals surface area contributed by atoms with E-state index in [-0.39, 0.29) is 5.69 Å². The zero-order valence-electron chi connectivity index (χ0n) is 11.0. The van der Waals surface area contributed by atoms with Crippen LogP contribution < -0.4 is 5.32 Å². The lowest BCUT2D eigenvalue weighted by Gasteiger charge is -2.24. The molecule has 1 aromatic rings. The fraction of sp³-hybridized carbons (Fsp3) is 0.583. The molecule has 0 aliphatic heterocycles. The molecule has 0 radical (unpaired) electrons. The van der Waals surface area contributed by atoms with Gasteiger partial charge in [0.15, 0.2) is 0 Å². The van der Waals surface area contributed by atoms with Gasteiger partial charge in [-0.15, -0.1) is 0 Å². The molecule has 1 atom stereocenters. The Bertz CT molecular complexity index is 479. The summed E-state index contributed by atoms with van der Waals surface area (Å²) in [7, 11) is 2.13. The number of hydrogen-bond acceptors (Lipinski definition) is 5. The van der Waals surface area contributed by atoms with E-state index in [0.717, 1.165) is 6.54 Å². The molecular formula is C12H17BrN4O2. The molecule has 6 nitrogen and oxygen atoms in total. The van der Waals surface area contributed by atoms with Crippen LogP contribution in [0.4, 0.5) is 11.5 Å². The van der Waals surface area contributed by atoms with Gasteiger partial charge in [-0.05, 0) is 42.7 Å². The lowest BCUT2D eigenvalue weighted by molar-refractivity contribution is -0.385. The van der Waals surface area contributed by atoms with Crippen LogP contribution in [0.1, 0.15) is 19.8 Å². The Balaban J connectivity index is 1.93. The monoisotopic (exact) mass is 328 g/mol.